The molecule has 3 heteroatoms. The van der Waals surface area contributed by atoms with Crippen LogP contribution in [-0.4, -0.2) is 0 Å². The molecule has 0 amide bonds. The van der Waals surface area contributed by atoms with Crippen LogP contribution in [0.5, 0.6) is 0 Å². The van der Waals surface area contributed by atoms with Crippen LogP contribution in [0.1, 0.15) is 60.6 Å². The maximum absolute atomic E-state index is 7.06. The van der Waals surface area contributed by atoms with E-state index in [4.69, 9.17) is 11.6 Å². The smallest absolute Gasteiger partial charge is 0.0735 e. The lowest BCUT2D eigenvalue weighted by Crippen LogP contribution is -2.52. The Labute approximate surface area is 139 Å². The zero-order chi connectivity index (χ0) is 14.1. The molecule has 0 N–H and O–H groups in total. The molecule has 1 heterocycles. The lowest BCUT2D eigenvalue weighted by Gasteiger charge is -2.62. The Morgan fingerprint density at radius 3 is 2.45 bits per heavy atom. The van der Waals surface area contributed by atoms with E-state index in [-0.39, 0.29) is 5.38 Å². The third-order valence-electron chi connectivity index (χ3n) is 6.06. The van der Waals surface area contributed by atoms with Crippen molar-refractivity contribution in [3.63, 3.8) is 0 Å². The van der Waals surface area contributed by atoms with Gasteiger partial charge in [0.25, 0.3) is 0 Å². The van der Waals surface area contributed by atoms with Crippen LogP contribution < -0.4 is 0 Å². The molecule has 0 saturated heterocycles. The average molecular weight is 374 g/mol. The summed E-state index contributed by atoms with van der Waals surface area (Å²) in [5, 5.41) is 0.225. The Morgan fingerprint density at radius 2 is 1.95 bits per heavy atom. The zero-order valence-corrected chi connectivity index (χ0v) is 15.4. The van der Waals surface area contributed by atoms with Gasteiger partial charge in [-0.3, -0.25) is 0 Å². The minimum atomic E-state index is 0.225. The zero-order valence-electron chi connectivity index (χ0n) is 12.2. The molecule has 1 aromatic heterocycles. The average Bonchev–Trinajstić information content (AvgIpc) is 2.65. The summed E-state index contributed by atoms with van der Waals surface area (Å²) in [6.45, 7) is 4.71. The second-order valence-electron chi connectivity index (χ2n) is 8.05. The number of hydrogen-bond acceptors (Lipinski definition) is 1. The SMILES string of the molecule is Cc1sc(C(Cl)C23CC4CC(CC(C)(C4)C2)C3)cc1Br. The van der Waals surface area contributed by atoms with Gasteiger partial charge in [0, 0.05) is 14.2 Å². The molecule has 5 rings (SSSR count). The molecule has 0 aromatic carbocycles. The van der Waals surface area contributed by atoms with Gasteiger partial charge in [0.15, 0.2) is 0 Å². The highest BCUT2D eigenvalue weighted by Crippen LogP contribution is 2.69. The third-order valence-corrected chi connectivity index (χ3v) is 9.09. The normalized spacial score (nSPS) is 44.0. The van der Waals surface area contributed by atoms with Crippen molar-refractivity contribution in [1.82, 2.24) is 0 Å². The number of rotatable bonds is 2. The van der Waals surface area contributed by atoms with Gasteiger partial charge in [0.2, 0.25) is 0 Å². The van der Waals surface area contributed by atoms with Crippen LogP contribution in [-0.2, 0) is 0 Å². The first-order chi connectivity index (χ1) is 9.39. The lowest BCUT2D eigenvalue weighted by atomic mass is 9.44. The predicted octanol–water partition coefficient (Wildman–Crippen LogP) is 6.71. The third kappa shape index (κ3) is 2.05. The molecule has 3 unspecified atom stereocenters. The molecule has 0 nitrogen and oxygen atoms in total. The molecule has 4 saturated carbocycles. The largest absolute Gasteiger partial charge is 0.143 e. The van der Waals surface area contributed by atoms with Gasteiger partial charge in [-0.2, -0.15) is 0 Å². The van der Waals surface area contributed by atoms with Gasteiger partial charge in [0.1, 0.15) is 0 Å². The minimum Gasteiger partial charge on any atom is -0.143 e. The molecule has 3 atom stereocenters. The summed E-state index contributed by atoms with van der Waals surface area (Å²) in [5.41, 5.74) is 0.970. The van der Waals surface area contributed by atoms with E-state index in [1.54, 1.807) is 0 Å². The fraction of sp³-hybridized carbons (Fsp3) is 0.765. The van der Waals surface area contributed by atoms with Crippen molar-refractivity contribution in [3.8, 4) is 0 Å². The molecule has 4 aliphatic carbocycles. The predicted molar refractivity (Wildman–Crippen MR) is 90.6 cm³/mol. The Kier molecular flexibility index (Phi) is 3.16. The number of halogens is 2. The Bertz CT molecular complexity index is 516. The lowest BCUT2D eigenvalue weighted by molar-refractivity contribution is -0.103. The van der Waals surface area contributed by atoms with Gasteiger partial charge in [-0.1, -0.05) is 6.92 Å². The summed E-state index contributed by atoms with van der Waals surface area (Å²) >= 11 is 12.6. The molecule has 110 valence electrons. The van der Waals surface area contributed by atoms with Crippen LogP contribution in [0.3, 0.4) is 0 Å². The van der Waals surface area contributed by atoms with Gasteiger partial charge in [-0.25, -0.2) is 0 Å². The maximum atomic E-state index is 7.06. The van der Waals surface area contributed by atoms with Crippen molar-refractivity contribution in [2.45, 2.75) is 57.7 Å². The van der Waals surface area contributed by atoms with E-state index in [9.17, 15) is 0 Å². The van der Waals surface area contributed by atoms with E-state index >= 15 is 0 Å². The first kappa shape index (κ1) is 14.1. The molecule has 4 aliphatic rings. The summed E-state index contributed by atoms with van der Waals surface area (Å²) in [5.74, 6) is 1.90. The van der Waals surface area contributed by atoms with Crippen LogP contribution in [0.15, 0.2) is 10.5 Å². The molecule has 0 aliphatic heterocycles. The van der Waals surface area contributed by atoms with Gasteiger partial charge in [-0.05, 0) is 90.1 Å². The highest BCUT2D eigenvalue weighted by molar-refractivity contribution is 9.10. The van der Waals surface area contributed by atoms with E-state index in [0.29, 0.717) is 10.8 Å². The van der Waals surface area contributed by atoms with Gasteiger partial charge in [-0.15, -0.1) is 22.9 Å². The van der Waals surface area contributed by atoms with Gasteiger partial charge >= 0.3 is 0 Å². The monoisotopic (exact) mass is 372 g/mol. The standard InChI is InChI=1S/C17H22BrClS/c1-10-13(18)4-14(20-10)15(19)17-7-11-3-12(8-17)6-16(2,5-11)9-17/h4,11-12,15H,3,5-9H2,1-2H3. The van der Waals surface area contributed by atoms with Crippen LogP contribution >= 0.6 is 38.9 Å². The molecule has 4 bridgehead atoms. The summed E-state index contributed by atoms with van der Waals surface area (Å²) in [6.07, 6.45) is 8.51. The fourth-order valence-corrected chi connectivity index (χ4v) is 8.14. The molecular weight excluding hydrogens is 352 g/mol. The van der Waals surface area contributed by atoms with Crippen LogP contribution in [0.25, 0.3) is 0 Å². The molecule has 1 aromatic rings. The molecule has 4 fully saturated rings. The summed E-state index contributed by atoms with van der Waals surface area (Å²) in [7, 11) is 0. The summed E-state index contributed by atoms with van der Waals surface area (Å²) < 4.78 is 1.24. The van der Waals surface area contributed by atoms with E-state index in [0.717, 1.165) is 11.8 Å². The highest BCUT2D eigenvalue weighted by atomic mass is 79.9. The highest BCUT2D eigenvalue weighted by Gasteiger charge is 2.58. The number of hydrogen-bond donors (Lipinski definition) is 0. The first-order valence-corrected chi connectivity index (χ1v) is 9.84. The summed E-state index contributed by atoms with van der Waals surface area (Å²) in [4.78, 5) is 2.75. The van der Waals surface area contributed by atoms with Crippen molar-refractivity contribution < 1.29 is 0 Å². The van der Waals surface area contributed by atoms with E-state index in [2.05, 4.69) is 35.8 Å². The molecule has 0 radical (unpaired) electrons. The van der Waals surface area contributed by atoms with E-state index in [1.807, 2.05) is 11.3 Å². The number of thiophene rings is 1. The van der Waals surface area contributed by atoms with Crippen molar-refractivity contribution in [1.29, 1.82) is 0 Å². The summed E-state index contributed by atoms with van der Waals surface area (Å²) in [6, 6.07) is 2.28. The molecule has 20 heavy (non-hydrogen) atoms. The van der Waals surface area contributed by atoms with E-state index in [1.165, 1.54) is 52.8 Å². The van der Waals surface area contributed by atoms with Crippen molar-refractivity contribution in [3.05, 3.63) is 20.3 Å². The Hall–Kier alpha value is 0.470. The maximum Gasteiger partial charge on any atom is 0.0735 e. The number of alkyl halides is 1. The second-order valence-corrected chi connectivity index (χ2v) is 10.6. The molecule has 0 spiro atoms. The van der Waals surface area contributed by atoms with Gasteiger partial charge in [0.05, 0.1) is 5.38 Å². The Morgan fingerprint density at radius 1 is 1.30 bits per heavy atom. The minimum absolute atomic E-state index is 0.225. The van der Waals surface area contributed by atoms with Crippen LogP contribution in [0.2, 0.25) is 0 Å². The Balaban J connectivity index is 1.70. The first-order valence-electron chi connectivity index (χ1n) is 7.79. The quantitative estimate of drug-likeness (QED) is 0.506. The number of aryl methyl sites for hydroxylation is 1. The van der Waals surface area contributed by atoms with Crippen molar-refractivity contribution >= 4 is 38.9 Å². The van der Waals surface area contributed by atoms with Crippen LogP contribution in [0.4, 0.5) is 0 Å². The van der Waals surface area contributed by atoms with Gasteiger partial charge < -0.3 is 0 Å². The molecular formula is C17H22BrClS. The second kappa shape index (κ2) is 4.49. The van der Waals surface area contributed by atoms with E-state index < -0.39 is 0 Å². The fourth-order valence-electron chi connectivity index (χ4n) is 6.00. The topological polar surface area (TPSA) is 0 Å². The van der Waals surface area contributed by atoms with Crippen molar-refractivity contribution in [2.75, 3.05) is 0 Å². The van der Waals surface area contributed by atoms with Crippen LogP contribution in [0, 0.1) is 29.6 Å². The van der Waals surface area contributed by atoms with Crippen molar-refractivity contribution in [2.24, 2.45) is 22.7 Å².